The second kappa shape index (κ2) is 8.53. The lowest BCUT2D eigenvalue weighted by atomic mass is 10.0. The summed E-state index contributed by atoms with van der Waals surface area (Å²) in [6, 6.07) is 17.4. The number of imide groups is 1. The van der Waals surface area contributed by atoms with E-state index in [2.05, 4.69) is 15.9 Å². The van der Waals surface area contributed by atoms with E-state index in [4.69, 9.17) is 9.47 Å². The van der Waals surface area contributed by atoms with Crippen LogP contribution in [0.3, 0.4) is 0 Å². The minimum atomic E-state index is -0.302. The molecule has 4 rings (SSSR count). The summed E-state index contributed by atoms with van der Waals surface area (Å²) in [7, 11) is 3.10. The summed E-state index contributed by atoms with van der Waals surface area (Å²) >= 11 is 4.39. The Balaban J connectivity index is 1.64. The predicted molar refractivity (Wildman–Crippen MR) is 123 cm³/mol. The summed E-state index contributed by atoms with van der Waals surface area (Å²) < 4.78 is 11.4. The van der Waals surface area contributed by atoms with E-state index in [-0.39, 0.29) is 17.7 Å². The largest absolute Gasteiger partial charge is 0.493 e. The third kappa shape index (κ3) is 3.82. The molecule has 1 saturated heterocycles. The highest BCUT2D eigenvalue weighted by Gasteiger charge is 2.35. The predicted octanol–water partition coefficient (Wildman–Crippen LogP) is 5.86. The molecule has 0 atom stereocenters. The maximum absolute atomic E-state index is 13.0. The van der Waals surface area contributed by atoms with Gasteiger partial charge in [-0.25, -0.2) is 0 Å². The first-order valence-corrected chi connectivity index (χ1v) is 10.8. The highest BCUT2D eigenvalue weighted by molar-refractivity contribution is 9.10. The van der Waals surface area contributed by atoms with Crippen molar-refractivity contribution in [2.45, 2.75) is 6.54 Å². The van der Waals surface area contributed by atoms with Crippen LogP contribution in [0.5, 0.6) is 11.5 Å². The lowest BCUT2D eigenvalue weighted by Gasteiger charge is -2.14. The number of methoxy groups -OCH3 is 2. The van der Waals surface area contributed by atoms with Gasteiger partial charge in [-0.05, 0) is 67.8 Å². The molecule has 0 saturated carbocycles. The lowest BCUT2D eigenvalue weighted by molar-refractivity contribution is -0.123. The smallest absolute Gasteiger partial charge is 0.293 e. The van der Waals surface area contributed by atoms with Gasteiger partial charge in [0.1, 0.15) is 0 Å². The van der Waals surface area contributed by atoms with Gasteiger partial charge in [-0.15, -0.1) is 0 Å². The van der Waals surface area contributed by atoms with Gasteiger partial charge in [0.05, 0.1) is 30.1 Å². The molecule has 1 aliphatic heterocycles. The second-order valence-corrected chi connectivity index (χ2v) is 8.49. The Hall–Kier alpha value is -2.77. The molecular formula is C23H18BrNO4S. The Morgan fingerprint density at radius 1 is 1.03 bits per heavy atom. The molecule has 0 N–H and O–H groups in total. The van der Waals surface area contributed by atoms with Crippen molar-refractivity contribution in [1.82, 2.24) is 4.90 Å². The fourth-order valence-corrected chi connectivity index (χ4v) is 4.87. The highest BCUT2D eigenvalue weighted by atomic mass is 79.9. The first-order chi connectivity index (χ1) is 14.5. The number of rotatable bonds is 5. The topological polar surface area (TPSA) is 55.8 Å². The zero-order valence-corrected chi connectivity index (χ0v) is 18.7. The van der Waals surface area contributed by atoms with Gasteiger partial charge in [0.15, 0.2) is 11.5 Å². The third-order valence-corrected chi connectivity index (χ3v) is 6.33. The number of amides is 2. The summed E-state index contributed by atoms with van der Waals surface area (Å²) in [5, 5.41) is 1.83. The monoisotopic (exact) mass is 483 g/mol. The minimum Gasteiger partial charge on any atom is -0.493 e. The van der Waals surface area contributed by atoms with Gasteiger partial charge in [-0.2, -0.15) is 0 Å². The van der Waals surface area contributed by atoms with Crippen LogP contribution in [0.15, 0.2) is 64.0 Å². The van der Waals surface area contributed by atoms with Crippen LogP contribution in [0.4, 0.5) is 4.79 Å². The third-order valence-electron chi connectivity index (χ3n) is 4.84. The number of carbonyl (C=O) groups is 2. The normalized spacial score (nSPS) is 15.3. The number of thioether (sulfide) groups is 1. The van der Waals surface area contributed by atoms with Gasteiger partial charge < -0.3 is 9.47 Å². The number of fused-ring (bicyclic) bond motifs is 1. The number of halogens is 1. The molecule has 152 valence electrons. The molecule has 0 radical (unpaired) electrons. The van der Waals surface area contributed by atoms with Crippen molar-refractivity contribution in [3.8, 4) is 11.5 Å². The highest BCUT2D eigenvalue weighted by Crippen LogP contribution is 2.39. The molecule has 0 bridgehead atoms. The number of nitrogens with zero attached hydrogens (tertiary/aromatic N) is 1. The van der Waals surface area contributed by atoms with Gasteiger partial charge in [-0.1, -0.05) is 42.5 Å². The van der Waals surface area contributed by atoms with Crippen molar-refractivity contribution in [1.29, 1.82) is 0 Å². The average molecular weight is 484 g/mol. The molecule has 0 spiro atoms. The van der Waals surface area contributed by atoms with Crippen LogP contribution in [0.25, 0.3) is 16.8 Å². The van der Waals surface area contributed by atoms with Gasteiger partial charge in [0, 0.05) is 0 Å². The summed E-state index contributed by atoms with van der Waals surface area (Å²) in [6.07, 6.45) is 1.70. The maximum atomic E-state index is 13.0. The Bertz CT molecular complexity index is 1190. The van der Waals surface area contributed by atoms with Crippen molar-refractivity contribution in [3.05, 3.63) is 75.1 Å². The number of ether oxygens (including phenoxy) is 2. The van der Waals surface area contributed by atoms with Crippen LogP contribution in [-0.4, -0.2) is 30.3 Å². The summed E-state index contributed by atoms with van der Waals surface area (Å²) in [4.78, 5) is 27.2. The molecule has 3 aromatic rings. The summed E-state index contributed by atoms with van der Waals surface area (Å²) in [5.41, 5.74) is 1.67. The number of hydrogen-bond donors (Lipinski definition) is 0. The van der Waals surface area contributed by atoms with Crippen LogP contribution in [0.1, 0.15) is 11.1 Å². The first kappa shape index (κ1) is 20.5. The van der Waals surface area contributed by atoms with Gasteiger partial charge in [0.2, 0.25) is 0 Å². The molecule has 7 heteroatoms. The molecule has 5 nitrogen and oxygen atoms in total. The van der Waals surface area contributed by atoms with E-state index in [1.54, 1.807) is 26.4 Å². The Labute approximate surface area is 186 Å². The van der Waals surface area contributed by atoms with E-state index in [1.807, 2.05) is 48.5 Å². The first-order valence-electron chi connectivity index (χ1n) is 9.15. The molecule has 1 aliphatic rings. The van der Waals surface area contributed by atoms with E-state index in [0.29, 0.717) is 20.9 Å². The molecular weight excluding hydrogens is 466 g/mol. The molecule has 1 fully saturated rings. The number of hydrogen-bond acceptors (Lipinski definition) is 5. The summed E-state index contributed by atoms with van der Waals surface area (Å²) in [6.45, 7) is 0.235. The zero-order chi connectivity index (χ0) is 21.3. The SMILES string of the molecule is COc1cc(/C=C2/SC(=O)N(Cc3cccc4ccccc34)C2=O)cc(Br)c1OC. The van der Waals surface area contributed by atoms with Crippen molar-refractivity contribution < 1.29 is 19.1 Å². The van der Waals surface area contributed by atoms with Crippen LogP contribution < -0.4 is 9.47 Å². The van der Waals surface area contributed by atoms with Crippen LogP contribution in [-0.2, 0) is 11.3 Å². The Morgan fingerprint density at radius 3 is 2.57 bits per heavy atom. The molecule has 3 aromatic carbocycles. The van der Waals surface area contributed by atoms with Crippen molar-refractivity contribution in [2.75, 3.05) is 14.2 Å². The molecule has 30 heavy (non-hydrogen) atoms. The minimum absolute atomic E-state index is 0.235. The average Bonchev–Trinajstić information content (AvgIpc) is 3.01. The van der Waals surface area contributed by atoms with E-state index in [0.717, 1.165) is 33.7 Å². The zero-order valence-electron chi connectivity index (χ0n) is 16.3. The Kier molecular flexibility index (Phi) is 5.83. The maximum Gasteiger partial charge on any atom is 0.293 e. The van der Waals surface area contributed by atoms with Gasteiger partial charge in [-0.3, -0.25) is 14.5 Å². The van der Waals surface area contributed by atoms with Gasteiger partial charge >= 0.3 is 0 Å². The second-order valence-electron chi connectivity index (χ2n) is 6.64. The number of carbonyl (C=O) groups excluding carboxylic acids is 2. The molecule has 2 amide bonds. The Morgan fingerprint density at radius 2 is 1.80 bits per heavy atom. The molecule has 0 aliphatic carbocycles. The van der Waals surface area contributed by atoms with Crippen molar-refractivity contribution in [2.24, 2.45) is 0 Å². The summed E-state index contributed by atoms with van der Waals surface area (Å²) in [5.74, 6) is 0.802. The molecule has 1 heterocycles. The van der Waals surface area contributed by atoms with Crippen LogP contribution in [0, 0.1) is 0 Å². The molecule has 0 unspecified atom stereocenters. The van der Waals surface area contributed by atoms with E-state index >= 15 is 0 Å². The standard InChI is InChI=1S/C23H18BrNO4S/c1-28-19-11-14(10-18(24)21(19)29-2)12-20-22(26)25(23(27)30-20)13-16-8-5-7-15-6-3-4-9-17(15)16/h3-12H,13H2,1-2H3/b20-12+. The fourth-order valence-electron chi connectivity index (χ4n) is 3.41. The lowest BCUT2D eigenvalue weighted by Crippen LogP contribution is -2.27. The van der Waals surface area contributed by atoms with Crippen LogP contribution in [0.2, 0.25) is 0 Å². The fraction of sp³-hybridized carbons (Fsp3) is 0.130. The quantitative estimate of drug-likeness (QED) is 0.425. The van der Waals surface area contributed by atoms with E-state index < -0.39 is 0 Å². The van der Waals surface area contributed by atoms with Gasteiger partial charge in [0.25, 0.3) is 11.1 Å². The van der Waals surface area contributed by atoms with E-state index in [9.17, 15) is 9.59 Å². The van der Waals surface area contributed by atoms with Crippen molar-refractivity contribution in [3.63, 3.8) is 0 Å². The van der Waals surface area contributed by atoms with Crippen molar-refractivity contribution >= 4 is 55.7 Å². The molecule has 0 aromatic heterocycles. The number of benzene rings is 3. The van der Waals surface area contributed by atoms with E-state index in [1.165, 1.54) is 4.90 Å². The van der Waals surface area contributed by atoms with Crippen LogP contribution >= 0.6 is 27.7 Å².